The minimum absolute atomic E-state index is 0.0340. The number of amides is 2. The second-order valence-corrected chi connectivity index (χ2v) is 7.90. The molecule has 28 heavy (non-hydrogen) atoms. The normalized spacial score (nSPS) is 15.9. The zero-order valence-electron chi connectivity index (χ0n) is 17.5. The summed E-state index contributed by atoms with van der Waals surface area (Å²) in [5.41, 5.74) is 1.17. The zero-order chi connectivity index (χ0) is 20.4. The van der Waals surface area contributed by atoms with Crippen molar-refractivity contribution in [1.82, 2.24) is 15.5 Å². The van der Waals surface area contributed by atoms with Crippen LogP contribution < -0.4 is 15.4 Å². The van der Waals surface area contributed by atoms with Crippen LogP contribution in [0.5, 0.6) is 5.75 Å². The molecule has 1 heterocycles. The van der Waals surface area contributed by atoms with Crippen LogP contribution in [0.2, 0.25) is 0 Å². The van der Waals surface area contributed by atoms with E-state index in [1.54, 1.807) is 7.11 Å². The van der Waals surface area contributed by atoms with Crippen molar-refractivity contribution in [1.29, 1.82) is 0 Å². The Labute approximate surface area is 169 Å². The summed E-state index contributed by atoms with van der Waals surface area (Å²) >= 11 is 0. The Morgan fingerprint density at radius 1 is 1.04 bits per heavy atom. The van der Waals surface area contributed by atoms with Gasteiger partial charge in [-0.05, 0) is 56.0 Å². The van der Waals surface area contributed by atoms with Gasteiger partial charge in [-0.2, -0.15) is 0 Å². The molecule has 1 fully saturated rings. The molecule has 0 radical (unpaired) electrons. The summed E-state index contributed by atoms with van der Waals surface area (Å²) in [6.45, 7) is 6.82. The maximum atomic E-state index is 12.2. The van der Waals surface area contributed by atoms with E-state index in [0.29, 0.717) is 18.9 Å². The Bertz CT molecular complexity index is 610. The molecule has 2 amide bonds. The lowest BCUT2D eigenvalue weighted by Gasteiger charge is -2.35. The third-order valence-corrected chi connectivity index (χ3v) is 5.22. The van der Waals surface area contributed by atoms with Gasteiger partial charge in [-0.1, -0.05) is 32.4 Å². The van der Waals surface area contributed by atoms with Gasteiger partial charge < -0.3 is 15.4 Å². The standard InChI is InChI=1S/C22H35N3O3/c1-17(2)7-12-21(26)24-16-22(27)23-15-20(25-13-5-4-6-14-25)18-8-10-19(28-3)11-9-18/h8-11,17,20H,4-7,12-16H2,1-3H3,(H,23,27)(H,24,26). The predicted octanol–water partition coefficient (Wildman–Crippen LogP) is 2.89. The molecule has 6 nitrogen and oxygen atoms in total. The lowest BCUT2D eigenvalue weighted by atomic mass is 10.0. The van der Waals surface area contributed by atoms with Crippen LogP contribution in [0.3, 0.4) is 0 Å². The van der Waals surface area contributed by atoms with Crippen molar-refractivity contribution in [3.63, 3.8) is 0 Å². The number of rotatable bonds is 10. The molecule has 0 saturated carbocycles. The third kappa shape index (κ3) is 7.50. The molecule has 0 spiro atoms. The maximum Gasteiger partial charge on any atom is 0.239 e. The van der Waals surface area contributed by atoms with Crippen LogP contribution in [0, 0.1) is 5.92 Å². The van der Waals surface area contributed by atoms with Gasteiger partial charge in [0, 0.05) is 13.0 Å². The van der Waals surface area contributed by atoms with Crippen molar-refractivity contribution in [3.8, 4) is 5.75 Å². The molecule has 0 bridgehead atoms. The number of nitrogens with zero attached hydrogens (tertiary/aromatic N) is 1. The molecule has 1 saturated heterocycles. The van der Waals surface area contributed by atoms with E-state index >= 15 is 0 Å². The molecule has 1 aromatic carbocycles. The van der Waals surface area contributed by atoms with Gasteiger partial charge >= 0.3 is 0 Å². The van der Waals surface area contributed by atoms with Crippen LogP contribution in [0.1, 0.15) is 57.6 Å². The number of carbonyl (C=O) groups excluding carboxylic acids is 2. The van der Waals surface area contributed by atoms with Crippen molar-refractivity contribution in [3.05, 3.63) is 29.8 Å². The van der Waals surface area contributed by atoms with E-state index < -0.39 is 0 Å². The van der Waals surface area contributed by atoms with E-state index in [4.69, 9.17) is 4.74 Å². The number of ether oxygens (including phenoxy) is 1. The summed E-state index contributed by atoms with van der Waals surface area (Å²) in [5.74, 6) is 1.10. The zero-order valence-corrected chi connectivity index (χ0v) is 17.5. The summed E-state index contributed by atoms with van der Waals surface area (Å²) < 4.78 is 5.26. The molecule has 1 atom stereocenters. The highest BCUT2D eigenvalue weighted by Crippen LogP contribution is 2.25. The molecular weight excluding hydrogens is 354 g/mol. The fourth-order valence-electron chi connectivity index (χ4n) is 3.47. The van der Waals surface area contributed by atoms with Crippen molar-refractivity contribution < 1.29 is 14.3 Å². The van der Waals surface area contributed by atoms with E-state index in [2.05, 4.69) is 41.5 Å². The van der Waals surface area contributed by atoms with Crippen LogP contribution >= 0.6 is 0 Å². The van der Waals surface area contributed by atoms with E-state index in [1.165, 1.54) is 24.8 Å². The molecule has 0 aromatic heterocycles. The van der Waals surface area contributed by atoms with Crippen LogP contribution in [-0.4, -0.2) is 50.0 Å². The number of methoxy groups -OCH3 is 1. The number of likely N-dealkylation sites (tertiary alicyclic amines) is 1. The highest BCUT2D eigenvalue weighted by Gasteiger charge is 2.23. The van der Waals surface area contributed by atoms with E-state index in [1.807, 2.05) is 12.1 Å². The molecule has 1 unspecified atom stereocenters. The Hall–Kier alpha value is -2.08. The first-order valence-electron chi connectivity index (χ1n) is 10.4. The maximum absolute atomic E-state index is 12.2. The highest BCUT2D eigenvalue weighted by atomic mass is 16.5. The monoisotopic (exact) mass is 389 g/mol. The molecule has 6 heteroatoms. The van der Waals surface area contributed by atoms with Crippen molar-refractivity contribution in [2.75, 3.05) is 33.3 Å². The number of piperidine rings is 1. The molecule has 1 aliphatic heterocycles. The van der Waals surface area contributed by atoms with Gasteiger partial charge in [0.05, 0.1) is 19.7 Å². The molecule has 2 N–H and O–H groups in total. The van der Waals surface area contributed by atoms with Crippen molar-refractivity contribution in [2.45, 2.75) is 52.0 Å². The van der Waals surface area contributed by atoms with Gasteiger partial charge in [0.1, 0.15) is 5.75 Å². The van der Waals surface area contributed by atoms with Crippen molar-refractivity contribution >= 4 is 11.8 Å². The summed E-state index contributed by atoms with van der Waals surface area (Å²) in [6.07, 6.45) is 4.94. The predicted molar refractivity (Wildman–Crippen MR) is 111 cm³/mol. The second-order valence-electron chi connectivity index (χ2n) is 7.90. The first-order chi connectivity index (χ1) is 13.5. The minimum Gasteiger partial charge on any atom is -0.497 e. The number of hydrogen-bond donors (Lipinski definition) is 2. The Morgan fingerprint density at radius 2 is 1.71 bits per heavy atom. The first-order valence-corrected chi connectivity index (χ1v) is 10.4. The fraction of sp³-hybridized carbons (Fsp3) is 0.636. The smallest absolute Gasteiger partial charge is 0.239 e. The van der Waals surface area contributed by atoms with Crippen LogP contribution in [0.4, 0.5) is 0 Å². The van der Waals surface area contributed by atoms with E-state index in [9.17, 15) is 9.59 Å². The SMILES string of the molecule is COc1ccc(C(CNC(=O)CNC(=O)CCC(C)C)N2CCCCC2)cc1. The third-order valence-electron chi connectivity index (χ3n) is 5.22. The molecule has 1 aliphatic rings. The Morgan fingerprint density at radius 3 is 2.32 bits per heavy atom. The molecule has 156 valence electrons. The quantitative estimate of drug-likeness (QED) is 0.646. The second kappa shape index (κ2) is 11.7. The highest BCUT2D eigenvalue weighted by molar-refractivity contribution is 5.84. The van der Waals surface area contributed by atoms with Gasteiger partial charge in [0.15, 0.2) is 0 Å². The topological polar surface area (TPSA) is 70.7 Å². The summed E-state index contributed by atoms with van der Waals surface area (Å²) in [6, 6.07) is 8.19. The summed E-state index contributed by atoms with van der Waals surface area (Å²) in [7, 11) is 1.66. The number of benzene rings is 1. The average Bonchev–Trinajstić information content (AvgIpc) is 2.72. The lowest BCUT2D eigenvalue weighted by Crippen LogP contribution is -2.43. The fourth-order valence-corrected chi connectivity index (χ4v) is 3.47. The van der Waals surface area contributed by atoms with Gasteiger partial charge in [-0.3, -0.25) is 14.5 Å². The summed E-state index contributed by atoms with van der Waals surface area (Å²) in [4.78, 5) is 26.5. The largest absolute Gasteiger partial charge is 0.497 e. The Balaban J connectivity index is 1.88. The van der Waals surface area contributed by atoms with Crippen LogP contribution in [0.25, 0.3) is 0 Å². The number of carbonyl (C=O) groups is 2. The number of nitrogens with one attached hydrogen (secondary N) is 2. The minimum atomic E-state index is -0.145. The van der Waals surface area contributed by atoms with E-state index in [-0.39, 0.29) is 24.4 Å². The summed E-state index contributed by atoms with van der Waals surface area (Å²) in [5, 5.41) is 5.72. The van der Waals surface area contributed by atoms with Crippen molar-refractivity contribution in [2.24, 2.45) is 5.92 Å². The first kappa shape index (κ1) is 22.2. The van der Waals surface area contributed by atoms with Crippen LogP contribution in [-0.2, 0) is 9.59 Å². The Kier molecular flexibility index (Phi) is 9.28. The molecule has 1 aromatic rings. The van der Waals surface area contributed by atoms with Gasteiger partial charge in [-0.15, -0.1) is 0 Å². The molecule has 2 rings (SSSR count). The van der Waals surface area contributed by atoms with Crippen LogP contribution in [0.15, 0.2) is 24.3 Å². The van der Waals surface area contributed by atoms with Gasteiger partial charge in [0.2, 0.25) is 11.8 Å². The average molecular weight is 390 g/mol. The van der Waals surface area contributed by atoms with E-state index in [0.717, 1.165) is 25.3 Å². The number of hydrogen-bond acceptors (Lipinski definition) is 4. The van der Waals surface area contributed by atoms with Gasteiger partial charge in [-0.25, -0.2) is 0 Å². The van der Waals surface area contributed by atoms with Gasteiger partial charge in [0.25, 0.3) is 0 Å². The molecule has 0 aliphatic carbocycles. The molecular formula is C22H35N3O3. The lowest BCUT2D eigenvalue weighted by molar-refractivity contribution is -0.126.